The molecule has 6 heteroatoms. The Morgan fingerprint density at radius 1 is 1.26 bits per heavy atom. The molecule has 1 heterocycles. The van der Waals surface area contributed by atoms with E-state index in [-0.39, 0.29) is 24.4 Å². The summed E-state index contributed by atoms with van der Waals surface area (Å²) in [6, 6.07) is 0.767. The second-order valence-electron chi connectivity index (χ2n) is 4.30. The summed E-state index contributed by atoms with van der Waals surface area (Å²) < 4.78 is 37.2. The van der Waals surface area contributed by atoms with Crippen molar-refractivity contribution in [1.29, 1.82) is 0 Å². The number of halogens is 2. The molecule has 0 amide bonds. The molecule has 0 saturated carbocycles. The first-order valence-corrected chi connectivity index (χ1v) is 6.39. The van der Waals surface area contributed by atoms with Gasteiger partial charge in [0.25, 0.3) is 5.88 Å². The van der Waals surface area contributed by atoms with Crippen LogP contribution in [0.25, 0.3) is 0 Å². The van der Waals surface area contributed by atoms with Crippen LogP contribution in [-0.2, 0) is 4.74 Å². The first-order chi connectivity index (χ1) is 9.04. The van der Waals surface area contributed by atoms with Crippen LogP contribution in [-0.4, -0.2) is 30.8 Å². The van der Waals surface area contributed by atoms with Crippen LogP contribution in [0.15, 0.2) is 6.07 Å². The number of anilines is 1. The molecule has 1 aromatic heterocycles. The first kappa shape index (κ1) is 15.6. The molecule has 0 saturated heterocycles. The van der Waals surface area contributed by atoms with Crippen molar-refractivity contribution in [3.63, 3.8) is 0 Å². The predicted molar refractivity (Wildman–Crippen MR) is 69.5 cm³/mol. The molecule has 108 valence electrons. The van der Waals surface area contributed by atoms with E-state index in [1.807, 2.05) is 20.8 Å². The number of nitrogens with zero attached hydrogens (tertiary/aromatic N) is 1. The maximum Gasteiger partial charge on any atom is 0.252 e. The summed E-state index contributed by atoms with van der Waals surface area (Å²) in [5, 5.41) is 2.77. The topological polar surface area (TPSA) is 43.4 Å². The van der Waals surface area contributed by atoms with Crippen LogP contribution in [0.3, 0.4) is 0 Å². The fourth-order valence-corrected chi connectivity index (χ4v) is 1.34. The number of hydrogen-bond donors (Lipinski definition) is 1. The fourth-order valence-electron chi connectivity index (χ4n) is 1.34. The smallest absolute Gasteiger partial charge is 0.252 e. The number of aromatic nitrogens is 1. The molecule has 0 aliphatic rings. The van der Waals surface area contributed by atoms with E-state index in [1.165, 1.54) is 0 Å². The van der Waals surface area contributed by atoms with Crippen molar-refractivity contribution in [2.24, 2.45) is 0 Å². The lowest BCUT2D eigenvalue weighted by Gasteiger charge is -2.11. The van der Waals surface area contributed by atoms with Gasteiger partial charge in [-0.05, 0) is 20.3 Å². The second-order valence-corrected chi connectivity index (χ2v) is 4.30. The lowest BCUT2D eigenvalue weighted by atomic mass is 10.4. The van der Waals surface area contributed by atoms with Gasteiger partial charge < -0.3 is 14.8 Å². The third-order valence-corrected chi connectivity index (χ3v) is 2.21. The average molecular weight is 274 g/mol. The Morgan fingerprint density at radius 2 is 2.00 bits per heavy atom. The Bertz CT molecular complexity index is 400. The van der Waals surface area contributed by atoms with E-state index < -0.39 is 11.6 Å². The minimum Gasteiger partial charge on any atom is -0.473 e. The van der Waals surface area contributed by atoms with Crippen molar-refractivity contribution < 1.29 is 18.3 Å². The highest BCUT2D eigenvalue weighted by Gasteiger charge is 2.12. The number of nitrogens with one attached hydrogen (secondary N) is 1. The molecule has 0 fully saturated rings. The van der Waals surface area contributed by atoms with Gasteiger partial charge in [-0.3, -0.25) is 0 Å². The van der Waals surface area contributed by atoms with Crippen LogP contribution in [0.4, 0.5) is 14.6 Å². The van der Waals surface area contributed by atoms with Gasteiger partial charge in [-0.15, -0.1) is 0 Å². The van der Waals surface area contributed by atoms with E-state index in [2.05, 4.69) is 10.3 Å². The second kappa shape index (κ2) is 7.89. The number of rotatable bonds is 8. The maximum absolute atomic E-state index is 13.4. The lowest BCUT2D eigenvalue weighted by Crippen LogP contribution is -2.13. The normalized spacial score (nSPS) is 10.8. The Kier molecular flexibility index (Phi) is 6.49. The molecule has 0 aromatic carbocycles. The Hall–Kier alpha value is -1.43. The predicted octanol–water partition coefficient (Wildman–Crippen LogP) is 2.99. The number of ether oxygens (including phenoxy) is 2. The van der Waals surface area contributed by atoms with Gasteiger partial charge in [0.05, 0.1) is 12.7 Å². The molecular weight excluding hydrogens is 254 g/mol. The highest BCUT2D eigenvalue weighted by atomic mass is 19.1. The molecule has 1 rings (SSSR count). The number of pyridine rings is 1. The van der Waals surface area contributed by atoms with Crippen LogP contribution >= 0.6 is 0 Å². The largest absolute Gasteiger partial charge is 0.473 e. The molecule has 0 aliphatic carbocycles. The molecule has 19 heavy (non-hydrogen) atoms. The molecule has 4 nitrogen and oxygen atoms in total. The van der Waals surface area contributed by atoms with E-state index in [1.54, 1.807) is 0 Å². The Morgan fingerprint density at radius 3 is 2.63 bits per heavy atom. The molecule has 0 radical (unpaired) electrons. The fraction of sp³-hybridized carbons (Fsp3) is 0.615. The Balaban J connectivity index is 2.61. The third kappa shape index (κ3) is 5.38. The molecule has 1 N–H and O–H groups in total. The molecule has 0 unspecified atom stereocenters. The summed E-state index contributed by atoms with van der Waals surface area (Å²) in [7, 11) is 0. The molecular formula is C13H20F2N2O2. The molecule has 0 bridgehead atoms. The standard InChI is InChI=1S/C13H20F2N2O2/c1-4-5-16-12-10(14)8-11(15)13(17-12)19-7-6-18-9(2)3/h8-9H,4-7H2,1-3H3,(H,16,17). The van der Waals surface area contributed by atoms with Crippen LogP contribution < -0.4 is 10.1 Å². The van der Waals surface area contributed by atoms with Gasteiger partial charge in [-0.25, -0.2) is 8.78 Å². The van der Waals surface area contributed by atoms with Crippen LogP contribution in [0, 0.1) is 11.6 Å². The van der Waals surface area contributed by atoms with E-state index in [9.17, 15) is 8.78 Å². The van der Waals surface area contributed by atoms with Gasteiger partial charge in [0.1, 0.15) is 6.61 Å². The van der Waals surface area contributed by atoms with E-state index >= 15 is 0 Å². The summed E-state index contributed by atoms with van der Waals surface area (Å²) in [6.45, 7) is 6.78. The van der Waals surface area contributed by atoms with Crippen LogP contribution in [0.2, 0.25) is 0 Å². The van der Waals surface area contributed by atoms with Crippen molar-refractivity contribution in [1.82, 2.24) is 4.98 Å². The quantitative estimate of drug-likeness (QED) is 0.740. The van der Waals surface area contributed by atoms with Gasteiger partial charge in [0, 0.05) is 12.6 Å². The summed E-state index contributed by atoms with van der Waals surface area (Å²) in [5.41, 5.74) is 0. The highest BCUT2D eigenvalue weighted by molar-refractivity contribution is 5.39. The molecule has 0 atom stereocenters. The average Bonchev–Trinajstić information content (AvgIpc) is 2.35. The lowest BCUT2D eigenvalue weighted by molar-refractivity contribution is 0.0533. The zero-order valence-electron chi connectivity index (χ0n) is 11.5. The van der Waals surface area contributed by atoms with Crippen molar-refractivity contribution in [2.45, 2.75) is 33.3 Å². The van der Waals surface area contributed by atoms with E-state index in [0.717, 1.165) is 12.5 Å². The van der Waals surface area contributed by atoms with Gasteiger partial charge in [-0.2, -0.15) is 4.98 Å². The van der Waals surface area contributed by atoms with Crippen LogP contribution in [0.5, 0.6) is 5.88 Å². The summed E-state index contributed by atoms with van der Waals surface area (Å²) in [4.78, 5) is 3.79. The SMILES string of the molecule is CCCNc1nc(OCCOC(C)C)c(F)cc1F. The Labute approximate surface area is 112 Å². The molecule has 0 aliphatic heterocycles. The maximum atomic E-state index is 13.4. The van der Waals surface area contributed by atoms with Crippen molar-refractivity contribution >= 4 is 5.82 Å². The molecule has 1 aromatic rings. The zero-order chi connectivity index (χ0) is 14.3. The van der Waals surface area contributed by atoms with Gasteiger partial charge in [-0.1, -0.05) is 6.92 Å². The number of hydrogen-bond acceptors (Lipinski definition) is 4. The van der Waals surface area contributed by atoms with Crippen molar-refractivity contribution in [2.75, 3.05) is 25.1 Å². The first-order valence-electron chi connectivity index (χ1n) is 6.39. The third-order valence-electron chi connectivity index (χ3n) is 2.21. The molecule has 0 spiro atoms. The van der Waals surface area contributed by atoms with Gasteiger partial charge in [0.2, 0.25) is 0 Å². The van der Waals surface area contributed by atoms with Gasteiger partial charge >= 0.3 is 0 Å². The zero-order valence-corrected chi connectivity index (χ0v) is 11.5. The highest BCUT2D eigenvalue weighted by Crippen LogP contribution is 2.20. The van der Waals surface area contributed by atoms with E-state index in [0.29, 0.717) is 13.2 Å². The van der Waals surface area contributed by atoms with Crippen molar-refractivity contribution in [3.8, 4) is 5.88 Å². The van der Waals surface area contributed by atoms with E-state index in [4.69, 9.17) is 9.47 Å². The summed E-state index contributed by atoms with van der Waals surface area (Å²) >= 11 is 0. The summed E-state index contributed by atoms with van der Waals surface area (Å²) in [5.74, 6) is -1.75. The summed E-state index contributed by atoms with van der Waals surface area (Å²) in [6.07, 6.45) is 0.896. The monoisotopic (exact) mass is 274 g/mol. The minimum absolute atomic E-state index is 0.00280. The van der Waals surface area contributed by atoms with Crippen molar-refractivity contribution in [3.05, 3.63) is 17.7 Å². The van der Waals surface area contributed by atoms with Crippen LogP contribution in [0.1, 0.15) is 27.2 Å². The van der Waals surface area contributed by atoms with Gasteiger partial charge in [0.15, 0.2) is 17.5 Å². The minimum atomic E-state index is -0.816.